The molecule has 0 aliphatic heterocycles. The largest absolute Gasteiger partial charge is 0.480 e. The Bertz CT molecular complexity index is 3770. The fourth-order valence-electron chi connectivity index (χ4n) is 8.39. The van der Waals surface area contributed by atoms with Gasteiger partial charge in [0, 0.05) is 44.6 Å². The second-order valence-electron chi connectivity index (χ2n) is 32.5. The number of aliphatic carboxylic acids is 12. The summed E-state index contributed by atoms with van der Waals surface area (Å²) < 4.78 is 14.5. The van der Waals surface area contributed by atoms with Gasteiger partial charge in [0.25, 0.3) is 0 Å². The molecule has 0 aromatic heterocycles. The Morgan fingerprint density at radius 1 is 0.228 bits per heavy atom. The predicted molar refractivity (Wildman–Crippen MR) is 547 cm³/mol. The molecule has 0 heterocycles. The van der Waals surface area contributed by atoms with Crippen molar-refractivity contribution in [1.29, 1.82) is 0 Å². The number of carbonyl (C=O) groups excluding carboxylic acids is 15. The second kappa shape index (κ2) is 108. The molecule has 56 nitrogen and oxygen atoms in total. The number of unbranched alkanes of at least 4 members (excludes halogenated alkanes) is 2. The maximum absolute atomic E-state index is 11.0. The molecule has 12 atom stereocenters. The van der Waals surface area contributed by atoms with Crippen molar-refractivity contribution < 1.29 is 205 Å². The van der Waals surface area contributed by atoms with Crippen molar-refractivity contribution in [3.05, 3.63) is 0 Å². The summed E-state index contributed by atoms with van der Waals surface area (Å²) in [7, 11) is 0. The van der Waals surface area contributed by atoms with Gasteiger partial charge in [-0.05, 0) is 204 Å². The van der Waals surface area contributed by atoms with Gasteiger partial charge in [-0.15, -0.1) is 0 Å². The van der Waals surface area contributed by atoms with Crippen LogP contribution in [0.25, 0.3) is 0 Å². The normalized spacial score (nSPS) is 12.4. The SMILES string of the molecule is CC(=O)CC(=O)CC(N)C(=O)O.CC(=O)CC(=O)CCC(N)C(=O)O.CC(=O)CC(=O)CCCC(N)C(=O)O.CC(=O)CCCC(N)C(=O)O.CC(=O)CNCCC(N)C(=O)O.CC(=O)CNCCCC(N)C(=O)O.CC(=O)COCC(N)C(=O)O.CC(=O)COCCC(N)C(=O)O.CC(=O)COCCCCC(N)C(=O)O.CC(=O)CSCC(N)C(=O)O.CC(=O)CSCCC(N)C(=O)O.CC(=O)CSCCCCC(N)C(=O)O. The number of nitrogens with two attached hydrogens (primary N) is 12. The summed E-state index contributed by atoms with van der Waals surface area (Å²) in [6.45, 7) is 19.4. The average Bonchev–Trinajstić information content (AvgIpc) is 0.949. The summed E-state index contributed by atoms with van der Waals surface area (Å²) in [5.74, 6) is -10.7. The van der Waals surface area contributed by atoms with E-state index in [0.717, 1.165) is 25.0 Å². The third kappa shape index (κ3) is 150. The van der Waals surface area contributed by atoms with E-state index >= 15 is 0 Å². The van der Waals surface area contributed by atoms with Gasteiger partial charge in [-0.25, -0.2) is 0 Å². The van der Waals surface area contributed by atoms with Crippen molar-refractivity contribution in [3.63, 3.8) is 0 Å². The minimum Gasteiger partial charge on any atom is -0.480 e. The van der Waals surface area contributed by atoms with Crippen LogP contribution in [0.3, 0.4) is 0 Å². The van der Waals surface area contributed by atoms with Gasteiger partial charge < -0.3 is 160 Å². The van der Waals surface area contributed by atoms with Crippen molar-refractivity contribution >= 4 is 194 Å². The standard InChI is InChI=1S/C9H15NO4.C9H17NO4.C9H17NO3S.C8H16N2O3.C8H13NO4.C7H14N2O3.C7H11NO4.C7H13NO4.C7H13NO3S.C7H13NO3.C6H11NO4.C6H11NO3S/c1-6(11)5-7(12)3-2-4-8(10)9(13)14;2*1-7(11)6-14-5-3-2-4-8(10)9(12)13;1-6(11)5-10-4-2-3-7(9)8(12)13;1-5(10)4-6(11)2-3-7(9)8(12)13;1-5(10)4-9-3-2-6(8)7(11)12;1-4(9)2-5(10)3-6(8)7(11)12;2*1-5(9)4-12-3-2-6(8)7(10)11;1-5(9)3-2-4-6(8)7(10)11;2*1-4(8)2-11-3-5(7)6(9)10/h8H,2-5,10H2,1H3,(H,13,14);2*8H,2-6,10H2,1H3,(H,12,13);7,10H,2-5,9H2,1H3,(H,12,13);7H,2-4,9H2,1H3,(H,12,13);6,9H,2-4,8H2,1H3,(H,11,12);6H,2-3,8H2,1H3,(H,11,12);2*6H,2-4,8H2,1H3,(H,10,11);6H,2-4,8H2,1H3,(H,10,11);2*5H,2-3,7H2,1H3,(H,9,10). The molecule has 0 aromatic rings. The molecule has 38 N–H and O–H groups in total. The van der Waals surface area contributed by atoms with Gasteiger partial charge in [0.05, 0.1) is 56.2 Å². The first-order valence-corrected chi connectivity index (χ1v) is 49.3. The highest BCUT2D eigenvalue weighted by molar-refractivity contribution is 8.00. The van der Waals surface area contributed by atoms with Crippen LogP contribution in [0, 0.1) is 0 Å². The van der Waals surface area contributed by atoms with Gasteiger partial charge in [-0.3, -0.25) is 125 Å². The fraction of sp³-hybridized carbons (Fsp3) is 0.700. The van der Waals surface area contributed by atoms with E-state index in [1.54, 1.807) is 18.7 Å². The number of carboxylic acid groups (broad SMARTS) is 12. The molecular formula is C90H164N14O42S3. The number of hydrogen-bond acceptors (Lipinski definition) is 47. The second-order valence-corrected chi connectivity index (χ2v) is 35.8. The number of rotatable bonds is 74. The lowest BCUT2D eigenvalue weighted by Gasteiger charge is -2.05. The van der Waals surface area contributed by atoms with Crippen molar-refractivity contribution in [3.8, 4) is 0 Å². The highest BCUT2D eigenvalue weighted by Crippen LogP contribution is 2.10. The Hall–Kier alpha value is -10.9. The van der Waals surface area contributed by atoms with Crippen LogP contribution in [0.5, 0.6) is 0 Å². The van der Waals surface area contributed by atoms with Gasteiger partial charge in [-0.1, -0.05) is 6.42 Å². The summed E-state index contributed by atoms with van der Waals surface area (Å²) in [5.41, 5.74) is 62.4. The predicted octanol–water partition coefficient (Wildman–Crippen LogP) is -3.04. The lowest BCUT2D eigenvalue weighted by molar-refractivity contribution is -0.141. The van der Waals surface area contributed by atoms with E-state index in [0.29, 0.717) is 120 Å². The Morgan fingerprint density at radius 3 is 0.866 bits per heavy atom. The number of Topliss-reactive ketones (excluding diaryl/α,β-unsaturated/α-hetero) is 15. The molecule has 0 aromatic carbocycles. The highest BCUT2D eigenvalue weighted by atomic mass is 32.2. The molecule has 0 aliphatic carbocycles. The maximum Gasteiger partial charge on any atom is 0.322 e. The molecule has 0 fully saturated rings. The van der Waals surface area contributed by atoms with Crippen molar-refractivity contribution in [2.75, 3.05) is 100 Å². The molecule has 864 valence electrons. The molecule has 0 bridgehead atoms. The zero-order valence-corrected chi connectivity index (χ0v) is 89.2. The van der Waals surface area contributed by atoms with Gasteiger partial charge in [0.1, 0.15) is 162 Å². The topological polar surface area (TPSA) is 1070 Å². The molecule has 149 heavy (non-hydrogen) atoms. The van der Waals surface area contributed by atoms with E-state index < -0.39 is 150 Å². The first kappa shape index (κ1) is 163. The Kier molecular flexibility index (Phi) is 119. The Balaban J connectivity index is -0.000000138. The quantitative estimate of drug-likeness (QED) is 0.0213. The number of ketones is 15. The van der Waals surface area contributed by atoms with Crippen molar-refractivity contribution in [2.24, 2.45) is 68.8 Å². The molecule has 0 aliphatic rings. The van der Waals surface area contributed by atoms with Crippen LogP contribution in [-0.4, -0.2) is 392 Å². The molecule has 0 spiro atoms. The zero-order chi connectivity index (χ0) is 119. The third-order valence-electron chi connectivity index (χ3n) is 16.3. The van der Waals surface area contributed by atoms with Crippen LogP contribution in [0.1, 0.15) is 231 Å². The molecular weight excluding hydrogens is 2050 g/mol. The van der Waals surface area contributed by atoms with Gasteiger partial charge in [0.2, 0.25) is 0 Å². The van der Waals surface area contributed by atoms with Crippen molar-refractivity contribution in [1.82, 2.24) is 10.6 Å². The van der Waals surface area contributed by atoms with Crippen molar-refractivity contribution in [2.45, 2.75) is 303 Å². The van der Waals surface area contributed by atoms with E-state index in [4.69, 9.17) is 140 Å². The van der Waals surface area contributed by atoms with E-state index in [1.807, 2.05) is 0 Å². The summed E-state index contributed by atoms with van der Waals surface area (Å²) in [6, 6.07) is -10.7. The summed E-state index contributed by atoms with van der Waals surface area (Å²) in [5, 5.41) is 106. The lowest BCUT2D eigenvalue weighted by atomic mass is 10.1. The monoisotopic (exact) mass is 2210 g/mol. The molecule has 12 unspecified atom stereocenters. The first-order chi connectivity index (χ1) is 68.6. The smallest absolute Gasteiger partial charge is 0.322 e. The molecule has 0 rings (SSSR count). The summed E-state index contributed by atoms with van der Waals surface area (Å²) in [6.07, 6.45) is 7.84. The Morgan fingerprint density at radius 2 is 0.517 bits per heavy atom. The van der Waals surface area contributed by atoms with E-state index in [2.05, 4.69) is 15.4 Å². The van der Waals surface area contributed by atoms with Crippen LogP contribution in [-0.2, 0) is 144 Å². The maximum atomic E-state index is 11.0. The number of nitrogens with one attached hydrogen (secondary N) is 2. The fourth-order valence-corrected chi connectivity index (χ4v) is 10.9. The van der Waals surface area contributed by atoms with Crippen LogP contribution in [0.2, 0.25) is 0 Å². The number of thioether (sulfide) groups is 3. The number of carbonyl (C=O) groups is 27. The number of carboxylic acids is 12. The van der Waals surface area contributed by atoms with E-state index in [9.17, 15) is 129 Å². The molecule has 0 radical (unpaired) electrons. The lowest BCUT2D eigenvalue weighted by Crippen LogP contribution is -2.35. The summed E-state index contributed by atoms with van der Waals surface area (Å²) in [4.78, 5) is 280. The first-order valence-electron chi connectivity index (χ1n) is 45.8. The van der Waals surface area contributed by atoms with E-state index in [1.165, 1.54) is 99.7 Å². The van der Waals surface area contributed by atoms with Crippen LogP contribution < -0.4 is 79.4 Å². The third-order valence-corrected chi connectivity index (χ3v) is 19.8. The average molecular weight is 2210 g/mol. The Labute approximate surface area is 877 Å². The van der Waals surface area contributed by atoms with Crippen LogP contribution >= 0.6 is 35.3 Å². The van der Waals surface area contributed by atoms with Crippen LogP contribution in [0.4, 0.5) is 0 Å². The number of ether oxygens (including phenoxy) is 3. The van der Waals surface area contributed by atoms with Gasteiger partial charge >= 0.3 is 71.6 Å². The van der Waals surface area contributed by atoms with Gasteiger partial charge in [-0.2, -0.15) is 35.3 Å². The number of hydrogen-bond donors (Lipinski definition) is 26. The van der Waals surface area contributed by atoms with Gasteiger partial charge in [0.15, 0.2) is 17.3 Å². The highest BCUT2D eigenvalue weighted by Gasteiger charge is 2.22. The molecule has 59 heteroatoms. The van der Waals surface area contributed by atoms with Crippen LogP contribution in [0.15, 0.2) is 0 Å². The minimum absolute atomic E-state index is 0.00719. The zero-order valence-electron chi connectivity index (χ0n) is 86.8. The van der Waals surface area contributed by atoms with E-state index in [-0.39, 0.29) is 184 Å². The molecule has 0 amide bonds. The summed E-state index contributed by atoms with van der Waals surface area (Å²) >= 11 is 4.24. The molecule has 0 saturated heterocycles. The molecule has 0 saturated carbocycles. The minimum atomic E-state index is -1.23.